The molecule has 10 rings (SSSR count). The highest BCUT2D eigenvalue weighted by molar-refractivity contribution is 9.09. The van der Waals surface area contributed by atoms with Crippen LogP contribution in [0.1, 0.15) is 66.1 Å². The number of urea groups is 2. The zero-order valence-corrected chi connectivity index (χ0v) is 49.4. The molecule has 2 fully saturated rings. The standard InChI is InChI=1S/C32H33F3N6O2.C19H16BrF3N4O2.C14H19N/c33-28-22-25(30-37-38-31(43-30)29(34)35)13-14-26(28)23-41(27-11-5-2-6-12-27)32(42)36-15-17-40-20-18-39(19-21-40)16-7-10-24-8-3-1-4-9-24;20-8-9-24-19(28)27(14-4-2-1-3-5-14)11-13-7-6-12(10-15(13)21)17-25-26-18(29-17)16(22)23;1-3-8-14(9-4-1)10-7-13-15-11-5-2-6-12-15/h1-14,22,29H,15-21,23H2,(H,36,42);1-7,10,16H,8-9,11H2,(H,24,28);1,3-4,7-10H,2,5-6,11-13H2/b10-7+;;10-7+. The topological polar surface area (TPSA) is 152 Å². The molecule has 0 bridgehead atoms. The lowest BCUT2D eigenvalue weighted by molar-refractivity contribution is 0.115. The molecule has 4 amide bonds. The summed E-state index contributed by atoms with van der Waals surface area (Å²) in [5.41, 5.74) is 4.52. The molecule has 4 heterocycles. The van der Waals surface area contributed by atoms with Crippen LogP contribution in [-0.4, -0.2) is 124 Å². The SMILES string of the molecule is C(=C\c1ccccc1)/CN1CCCCC1.O=C(NCCBr)N(Cc1ccc(-c2nnc(C(F)F)o2)cc1F)c1ccccc1.O=C(NCCN1CCN(C/C=C/c2ccccc2)CC1)N(Cc1ccc(-c2nnc(C(F)F)o2)cc1F)c1ccccc1. The van der Waals surface area contributed by atoms with Crippen LogP contribution in [0.25, 0.3) is 35.1 Å². The fraction of sp³-hybridized carbons (Fsp3) is 0.292. The number of carbonyl (C=O) groups excluding carboxylic acids is 2. The number of piperidine rings is 1. The molecule has 0 atom stereocenters. The molecule has 2 saturated heterocycles. The number of para-hydroxylation sites is 2. The minimum atomic E-state index is -2.92. The van der Waals surface area contributed by atoms with Crippen molar-refractivity contribution in [1.29, 1.82) is 0 Å². The lowest BCUT2D eigenvalue weighted by Gasteiger charge is -2.34. The number of alkyl halides is 5. The number of benzene rings is 6. The van der Waals surface area contributed by atoms with Crippen LogP contribution >= 0.6 is 15.9 Å². The molecule has 2 aromatic heterocycles. The summed E-state index contributed by atoms with van der Waals surface area (Å²) >= 11 is 3.24. The molecular weight excluding hydrogens is 1190 g/mol. The maximum Gasteiger partial charge on any atom is 0.322 e. The van der Waals surface area contributed by atoms with Gasteiger partial charge in [0.25, 0.3) is 11.8 Å². The molecule has 0 unspecified atom stereocenters. The molecule has 0 radical (unpaired) electrons. The van der Waals surface area contributed by atoms with Gasteiger partial charge in [0, 0.05) is 97.9 Å². The van der Waals surface area contributed by atoms with Gasteiger partial charge < -0.3 is 19.5 Å². The van der Waals surface area contributed by atoms with Gasteiger partial charge in [-0.3, -0.25) is 24.5 Å². The first-order chi connectivity index (χ1) is 42.4. The third kappa shape index (κ3) is 20.3. The van der Waals surface area contributed by atoms with E-state index in [0.29, 0.717) is 36.3 Å². The minimum absolute atomic E-state index is 0.0314. The fourth-order valence-corrected chi connectivity index (χ4v) is 9.62. The van der Waals surface area contributed by atoms with Crippen molar-refractivity contribution in [1.82, 2.24) is 45.7 Å². The maximum absolute atomic E-state index is 15.1. The Morgan fingerprint density at radius 2 is 0.920 bits per heavy atom. The summed E-state index contributed by atoms with van der Waals surface area (Å²) in [6.07, 6.45) is 7.17. The van der Waals surface area contributed by atoms with Gasteiger partial charge in [0.05, 0.1) is 13.1 Å². The lowest BCUT2D eigenvalue weighted by atomic mass is 10.1. The number of nitrogens with zero attached hydrogens (tertiary/aromatic N) is 9. The number of aromatic nitrogens is 4. The Labute approximate surface area is 510 Å². The van der Waals surface area contributed by atoms with Crippen molar-refractivity contribution in [3.05, 3.63) is 216 Å². The van der Waals surface area contributed by atoms with Crippen molar-refractivity contribution in [2.75, 3.05) is 87.1 Å². The lowest BCUT2D eigenvalue weighted by Crippen LogP contribution is -2.49. The van der Waals surface area contributed by atoms with E-state index in [1.54, 1.807) is 48.5 Å². The molecule has 22 heteroatoms. The van der Waals surface area contributed by atoms with Gasteiger partial charge in [0.15, 0.2) is 0 Å². The first-order valence-corrected chi connectivity index (χ1v) is 29.7. The van der Waals surface area contributed by atoms with Gasteiger partial charge in [-0.15, -0.1) is 20.4 Å². The van der Waals surface area contributed by atoms with Crippen molar-refractivity contribution in [3.63, 3.8) is 0 Å². The summed E-state index contributed by atoms with van der Waals surface area (Å²) in [7, 11) is 0. The first-order valence-electron chi connectivity index (χ1n) is 28.6. The smallest absolute Gasteiger partial charge is 0.322 e. The highest BCUT2D eigenvalue weighted by atomic mass is 79.9. The van der Waals surface area contributed by atoms with Crippen LogP contribution in [0.15, 0.2) is 179 Å². The number of anilines is 2. The van der Waals surface area contributed by atoms with E-state index < -0.39 is 36.3 Å². The second-order valence-corrected chi connectivity index (χ2v) is 21.0. The van der Waals surface area contributed by atoms with Crippen molar-refractivity contribution < 1.29 is 44.8 Å². The fourth-order valence-electron chi connectivity index (χ4n) is 9.42. The van der Waals surface area contributed by atoms with E-state index in [9.17, 15) is 31.5 Å². The monoisotopic (exact) mass is 1260 g/mol. The molecule has 87 heavy (non-hydrogen) atoms. The number of amides is 4. The van der Waals surface area contributed by atoms with Crippen LogP contribution in [-0.2, 0) is 13.1 Å². The van der Waals surface area contributed by atoms with Gasteiger partial charge in [-0.05, 0) is 85.6 Å². The Kier molecular flexibility index (Phi) is 25.3. The Balaban J connectivity index is 0.000000191. The quantitative estimate of drug-likeness (QED) is 0.0522. The van der Waals surface area contributed by atoms with E-state index in [-0.39, 0.29) is 59.2 Å². The second kappa shape index (κ2) is 34.0. The number of piperazine rings is 1. The number of rotatable bonds is 21. The zero-order chi connectivity index (χ0) is 61.2. The molecular formula is C65H68BrF6N11O4. The average molecular weight is 1260 g/mol. The molecule has 15 nitrogen and oxygen atoms in total. The molecule has 6 aromatic carbocycles. The summed E-state index contributed by atoms with van der Waals surface area (Å²) in [4.78, 5) is 36.0. The van der Waals surface area contributed by atoms with Gasteiger partial charge in [-0.25, -0.2) is 18.4 Å². The van der Waals surface area contributed by atoms with Gasteiger partial charge >= 0.3 is 24.9 Å². The Morgan fingerprint density at radius 3 is 1.32 bits per heavy atom. The van der Waals surface area contributed by atoms with Crippen molar-refractivity contribution in [2.24, 2.45) is 0 Å². The number of hydrogen-bond donors (Lipinski definition) is 2. The highest BCUT2D eigenvalue weighted by Gasteiger charge is 2.24. The van der Waals surface area contributed by atoms with Crippen LogP contribution in [0.3, 0.4) is 0 Å². The van der Waals surface area contributed by atoms with Crippen molar-refractivity contribution in [3.8, 4) is 22.9 Å². The van der Waals surface area contributed by atoms with E-state index in [1.807, 2.05) is 30.3 Å². The normalized spacial score (nSPS) is 13.9. The van der Waals surface area contributed by atoms with Crippen LogP contribution in [0.5, 0.6) is 0 Å². The Morgan fingerprint density at radius 1 is 0.517 bits per heavy atom. The van der Waals surface area contributed by atoms with Gasteiger partial charge in [-0.1, -0.05) is 156 Å². The molecule has 0 aliphatic carbocycles. The summed E-state index contributed by atoms with van der Waals surface area (Å²) in [5.74, 6) is -3.33. The minimum Gasteiger partial charge on any atom is -0.415 e. The third-order valence-corrected chi connectivity index (χ3v) is 14.5. The van der Waals surface area contributed by atoms with Crippen LogP contribution in [0.2, 0.25) is 0 Å². The van der Waals surface area contributed by atoms with Crippen LogP contribution in [0.4, 0.5) is 47.3 Å². The molecule has 0 spiro atoms. The van der Waals surface area contributed by atoms with Gasteiger partial charge in [0.2, 0.25) is 11.8 Å². The number of hydrogen-bond acceptors (Lipinski definition) is 11. The summed E-state index contributed by atoms with van der Waals surface area (Å²) < 4.78 is 90.4. The van der Waals surface area contributed by atoms with E-state index in [1.165, 1.54) is 77.5 Å². The highest BCUT2D eigenvalue weighted by Crippen LogP contribution is 2.29. The first kappa shape index (κ1) is 64.6. The maximum atomic E-state index is 15.1. The molecule has 8 aromatic rings. The van der Waals surface area contributed by atoms with Crippen LogP contribution in [0, 0.1) is 11.6 Å². The Hall–Kier alpha value is -8.44. The number of halogens is 7. The molecule has 2 aliphatic heterocycles. The van der Waals surface area contributed by atoms with Crippen molar-refractivity contribution >= 4 is 51.5 Å². The van der Waals surface area contributed by atoms with Gasteiger partial charge in [-0.2, -0.15) is 17.6 Å². The summed E-state index contributed by atoms with van der Waals surface area (Å²) in [6.45, 7) is 9.77. The summed E-state index contributed by atoms with van der Waals surface area (Å²) in [6, 6.07) is 46.0. The van der Waals surface area contributed by atoms with Crippen molar-refractivity contribution in [2.45, 2.75) is 45.2 Å². The predicted octanol–water partition coefficient (Wildman–Crippen LogP) is 14.0. The molecule has 456 valence electrons. The van der Waals surface area contributed by atoms with E-state index in [0.717, 1.165) is 51.4 Å². The van der Waals surface area contributed by atoms with E-state index >= 15 is 4.39 Å². The zero-order valence-electron chi connectivity index (χ0n) is 47.8. The average Bonchev–Trinajstić information content (AvgIpc) is 4.32. The second-order valence-electron chi connectivity index (χ2n) is 20.2. The third-order valence-electron chi connectivity index (χ3n) is 14.1. The summed E-state index contributed by atoms with van der Waals surface area (Å²) in [5, 5.41) is 19.9. The van der Waals surface area contributed by atoms with E-state index in [4.69, 9.17) is 8.83 Å². The largest absolute Gasteiger partial charge is 0.415 e. The number of nitrogens with one attached hydrogen (secondary N) is 2. The molecule has 2 N–H and O–H groups in total. The number of likely N-dealkylation sites (tertiary alicyclic amines) is 1. The number of carbonyl (C=O) groups is 2. The molecule has 2 aliphatic rings. The van der Waals surface area contributed by atoms with E-state index in [2.05, 4.69) is 128 Å². The van der Waals surface area contributed by atoms with Gasteiger partial charge in [0.1, 0.15) is 11.6 Å². The molecule has 0 saturated carbocycles. The predicted molar refractivity (Wildman–Crippen MR) is 329 cm³/mol. The Bertz CT molecular complexity index is 3410. The van der Waals surface area contributed by atoms with Crippen LogP contribution < -0.4 is 20.4 Å².